The summed E-state index contributed by atoms with van der Waals surface area (Å²) in [5.74, 6) is 0.555. The fourth-order valence-electron chi connectivity index (χ4n) is 1.85. The summed E-state index contributed by atoms with van der Waals surface area (Å²) in [7, 11) is 1.75. The number of ether oxygens (including phenoxy) is 1. The van der Waals surface area contributed by atoms with Crippen molar-refractivity contribution in [2.24, 2.45) is 5.92 Å². The number of halogens is 1. The molecule has 0 aliphatic carbocycles. The molecule has 1 N–H and O–H groups in total. The minimum absolute atomic E-state index is 0.313. The molecule has 3 heteroatoms. The van der Waals surface area contributed by atoms with Crippen LogP contribution in [0.4, 0.5) is 0 Å². The van der Waals surface area contributed by atoms with Gasteiger partial charge in [0.15, 0.2) is 0 Å². The highest BCUT2D eigenvalue weighted by molar-refractivity contribution is 9.10. The molecule has 1 rings (SSSR count). The van der Waals surface area contributed by atoms with Gasteiger partial charge in [0.2, 0.25) is 0 Å². The standard InChI is InChI=1S/C14H22BrNO/c1-10(2)14(9-17-4)16-11(3)12-7-5-6-8-13(12)15/h5-8,10-11,14,16H,9H2,1-4H3/t11-,14?/m1/s1. The Kier molecular flexibility index (Phi) is 6.17. The van der Waals surface area contributed by atoms with Crippen molar-refractivity contribution in [3.05, 3.63) is 34.3 Å². The first-order valence-electron chi connectivity index (χ1n) is 6.05. The Balaban J connectivity index is 2.70. The van der Waals surface area contributed by atoms with Crippen LogP contribution in [0.25, 0.3) is 0 Å². The van der Waals surface area contributed by atoms with Gasteiger partial charge < -0.3 is 10.1 Å². The van der Waals surface area contributed by atoms with Crippen LogP contribution in [0.1, 0.15) is 32.4 Å². The summed E-state index contributed by atoms with van der Waals surface area (Å²) >= 11 is 3.59. The second-order valence-electron chi connectivity index (χ2n) is 4.72. The molecule has 0 fully saturated rings. The van der Waals surface area contributed by atoms with Gasteiger partial charge in [-0.3, -0.25) is 0 Å². The van der Waals surface area contributed by atoms with E-state index in [1.54, 1.807) is 7.11 Å². The SMILES string of the molecule is COCC(N[C@H](C)c1ccccc1Br)C(C)C. The van der Waals surface area contributed by atoms with Gasteiger partial charge in [-0.2, -0.15) is 0 Å². The molecule has 2 atom stereocenters. The summed E-state index contributed by atoms with van der Waals surface area (Å²) < 4.78 is 6.41. The van der Waals surface area contributed by atoms with Crippen LogP contribution in [0.15, 0.2) is 28.7 Å². The highest BCUT2D eigenvalue weighted by Crippen LogP contribution is 2.23. The fraction of sp³-hybridized carbons (Fsp3) is 0.571. The number of methoxy groups -OCH3 is 1. The van der Waals surface area contributed by atoms with E-state index in [0.29, 0.717) is 18.0 Å². The Bertz CT molecular complexity index is 341. The van der Waals surface area contributed by atoms with Crippen molar-refractivity contribution in [3.8, 4) is 0 Å². The summed E-state index contributed by atoms with van der Waals surface area (Å²) in [5, 5.41) is 3.62. The second-order valence-corrected chi connectivity index (χ2v) is 5.57. The van der Waals surface area contributed by atoms with Crippen LogP contribution in [0, 0.1) is 5.92 Å². The third-order valence-electron chi connectivity index (χ3n) is 2.99. The Morgan fingerprint density at radius 3 is 2.41 bits per heavy atom. The van der Waals surface area contributed by atoms with Crippen molar-refractivity contribution >= 4 is 15.9 Å². The fourth-order valence-corrected chi connectivity index (χ4v) is 2.48. The quantitative estimate of drug-likeness (QED) is 0.863. The first kappa shape index (κ1) is 14.7. The van der Waals surface area contributed by atoms with Crippen molar-refractivity contribution in [2.75, 3.05) is 13.7 Å². The van der Waals surface area contributed by atoms with E-state index in [9.17, 15) is 0 Å². The molecule has 1 aromatic carbocycles. The third-order valence-corrected chi connectivity index (χ3v) is 3.71. The lowest BCUT2D eigenvalue weighted by Gasteiger charge is -2.26. The monoisotopic (exact) mass is 299 g/mol. The molecule has 0 amide bonds. The smallest absolute Gasteiger partial charge is 0.0618 e. The highest BCUT2D eigenvalue weighted by atomic mass is 79.9. The zero-order valence-electron chi connectivity index (χ0n) is 11.0. The molecule has 0 bridgehead atoms. The van der Waals surface area contributed by atoms with E-state index in [4.69, 9.17) is 4.74 Å². The van der Waals surface area contributed by atoms with E-state index in [1.807, 2.05) is 6.07 Å². The molecular formula is C14H22BrNO. The van der Waals surface area contributed by atoms with E-state index < -0.39 is 0 Å². The molecule has 96 valence electrons. The first-order chi connectivity index (χ1) is 8.06. The summed E-state index contributed by atoms with van der Waals surface area (Å²) in [6.07, 6.45) is 0. The molecular weight excluding hydrogens is 278 g/mol. The Morgan fingerprint density at radius 2 is 1.88 bits per heavy atom. The number of nitrogens with one attached hydrogen (secondary N) is 1. The normalized spacial score (nSPS) is 14.9. The van der Waals surface area contributed by atoms with E-state index in [-0.39, 0.29) is 0 Å². The predicted octanol–water partition coefficient (Wildman–Crippen LogP) is 3.77. The Hall–Kier alpha value is -0.380. The van der Waals surface area contributed by atoms with Crippen LogP contribution >= 0.6 is 15.9 Å². The summed E-state index contributed by atoms with van der Waals surface area (Å²) in [4.78, 5) is 0. The van der Waals surface area contributed by atoms with Gasteiger partial charge in [-0.1, -0.05) is 48.0 Å². The van der Waals surface area contributed by atoms with Gasteiger partial charge in [-0.15, -0.1) is 0 Å². The summed E-state index contributed by atoms with van der Waals surface area (Å²) in [6, 6.07) is 9.02. The van der Waals surface area contributed by atoms with Gasteiger partial charge in [0.1, 0.15) is 0 Å². The van der Waals surface area contributed by atoms with E-state index in [1.165, 1.54) is 5.56 Å². The number of hydrogen-bond acceptors (Lipinski definition) is 2. The number of hydrogen-bond donors (Lipinski definition) is 1. The molecule has 0 saturated carbocycles. The highest BCUT2D eigenvalue weighted by Gasteiger charge is 2.17. The minimum Gasteiger partial charge on any atom is -0.383 e. The van der Waals surface area contributed by atoms with Crippen molar-refractivity contribution in [1.29, 1.82) is 0 Å². The lowest BCUT2D eigenvalue weighted by Crippen LogP contribution is -2.39. The largest absolute Gasteiger partial charge is 0.383 e. The average molecular weight is 300 g/mol. The molecule has 0 radical (unpaired) electrons. The van der Waals surface area contributed by atoms with E-state index in [2.05, 4.69) is 60.2 Å². The molecule has 0 aliphatic heterocycles. The molecule has 0 spiro atoms. The van der Waals surface area contributed by atoms with Crippen LogP contribution in [-0.2, 0) is 4.74 Å². The van der Waals surface area contributed by atoms with Crippen molar-refractivity contribution in [2.45, 2.75) is 32.9 Å². The molecule has 1 aromatic rings. The maximum atomic E-state index is 5.26. The topological polar surface area (TPSA) is 21.3 Å². The van der Waals surface area contributed by atoms with Crippen LogP contribution in [0.2, 0.25) is 0 Å². The number of rotatable bonds is 6. The molecule has 2 nitrogen and oxygen atoms in total. The van der Waals surface area contributed by atoms with Crippen LogP contribution < -0.4 is 5.32 Å². The lowest BCUT2D eigenvalue weighted by atomic mass is 10.0. The molecule has 1 unspecified atom stereocenters. The van der Waals surface area contributed by atoms with Gasteiger partial charge in [-0.05, 0) is 24.5 Å². The summed E-state index contributed by atoms with van der Waals surface area (Å²) in [6.45, 7) is 7.35. The molecule has 0 aromatic heterocycles. The zero-order chi connectivity index (χ0) is 12.8. The molecule has 17 heavy (non-hydrogen) atoms. The number of benzene rings is 1. The van der Waals surface area contributed by atoms with Crippen molar-refractivity contribution in [1.82, 2.24) is 5.32 Å². The van der Waals surface area contributed by atoms with Gasteiger partial charge in [0, 0.05) is 23.7 Å². The van der Waals surface area contributed by atoms with Gasteiger partial charge in [0.05, 0.1) is 6.61 Å². The Labute approximate surface area is 113 Å². The predicted molar refractivity (Wildman–Crippen MR) is 76.2 cm³/mol. The third kappa shape index (κ3) is 4.41. The van der Waals surface area contributed by atoms with Gasteiger partial charge in [-0.25, -0.2) is 0 Å². The summed E-state index contributed by atoms with van der Waals surface area (Å²) in [5.41, 5.74) is 1.29. The maximum absolute atomic E-state index is 5.26. The van der Waals surface area contributed by atoms with E-state index in [0.717, 1.165) is 11.1 Å². The average Bonchev–Trinajstić information content (AvgIpc) is 2.28. The van der Waals surface area contributed by atoms with Gasteiger partial charge >= 0.3 is 0 Å². The molecule has 0 heterocycles. The van der Waals surface area contributed by atoms with Crippen molar-refractivity contribution in [3.63, 3.8) is 0 Å². The van der Waals surface area contributed by atoms with Crippen molar-refractivity contribution < 1.29 is 4.74 Å². The van der Waals surface area contributed by atoms with E-state index >= 15 is 0 Å². The van der Waals surface area contributed by atoms with Crippen LogP contribution in [0.3, 0.4) is 0 Å². The Morgan fingerprint density at radius 1 is 1.24 bits per heavy atom. The molecule has 0 aliphatic rings. The first-order valence-corrected chi connectivity index (χ1v) is 6.85. The van der Waals surface area contributed by atoms with Gasteiger partial charge in [0.25, 0.3) is 0 Å². The minimum atomic E-state index is 0.313. The van der Waals surface area contributed by atoms with Crippen LogP contribution in [-0.4, -0.2) is 19.8 Å². The lowest BCUT2D eigenvalue weighted by molar-refractivity contribution is 0.141. The second kappa shape index (κ2) is 7.14. The maximum Gasteiger partial charge on any atom is 0.0618 e. The zero-order valence-corrected chi connectivity index (χ0v) is 12.6. The van der Waals surface area contributed by atoms with Crippen LogP contribution in [0.5, 0.6) is 0 Å². The molecule has 0 saturated heterocycles.